The van der Waals surface area contributed by atoms with Gasteiger partial charge in [0, 0.05) is 37.9 Å². The van der Waals surface area contributed by atoms with E-state index in [0.29, 0.717) is 6.42 Å². The van der Waals surface area contributed by atoms with Gasteiger partial charge < -0.3 is 9.88 Å². The summed E-state index contributed by atoms with van der Waals surface area (Å²) >= 11 is 0. The number of nitrogens with one attached hydrogen (secondary N) is 1. The quantitative estimate of drug-likeness (QED) is 0.851. The van der Waals surface area contributed by atoms with Crippen molar-refractivity contribution >= 4 is 5.82 Å². The zero-order valence-electron chi connectivity index (χ0n) is 10.2. The van der Waals surface area contributed by atoms with E-state index >= 15 is 0 Å². The lowest BCUT2D eigenvalue weighted by Crippen LogP contribution is -2.08. The molecule has 0 atom stereocenters. The third-order valence-electron chi connectivity index (χ3n) is 2.59. The first kappa shape index (κ1) is 11.6. The lowest BCUT2D eigenvalue weighted by atomic mass is 10.2. The Balaban J connectivity index is 2.23. The summed E-state index contributed by atoms with van der Waals surface area (Å²) < 4.78 is 2.12. The molecule has 0 aliphatic heterocycles. The zero-order chi connectivity index (χ0) is 12.1. The van der Waals surface area contributed by atoms with E-state index in [-0.39, 0.29) is 0 Å². The van der Waals surface area contributed by atoms with Crippen molar-refractivity contribution < 1.29 is 0 Å². The van der Waals surface area contributed by atoms with Crippen molar-refractivity contribution in [2.45, 2.75) is 26.8 Å². The first-order valence-corrected chi connectivity index (χ1v) is 5.88. The van der Waals surface area contributed by atoms with Crippen LogP contribution in [0.4, 0.5) is 5.82 Å². The van der Waals surface area contributed by atoms with Crippen molar-refractivity contribution in [3.05, 3.63) is 36.3 Å². The van der Waals surface area contributed by atoms with E-state index in [4.69, 9.17) is 0 Å². The minimum absolute atomic E-state index is 0.705. The fraction of sp³-hybridized carbons (Fsp3) is 0.417. The van der Waals surface area contributed by atoms with Crippen LogP contribution < -0.4 is 5.32 Å². The van der Waals surface area contributed by atoms with Gasteiger partial charge in [0.2, 0.25) is 0 Å². The Morgan fingerprint density at radius 1 is 1.12 bits per heavy atom. The molecule has 0 radical (unpaired) electrons. The van der Waals surface area contributed by atoms with Crippen LogP contribution in [0.1, 0.15) is 25.4 Å². The molecule has 0 aliphatic rings. The molecule has 0 amide bonds. The second-order valence-electron chi connectivity index (χ2n) is 3.69. The SMILES string of the molecule is CCNc1nccnc1Cc1nccn1CC. The molecule has 2 aromatic rings. The molecule has 0 bridgehead atoms. The predicted octanol–water partition coefficient (Wildman–Crippen LogP) is 1.72. The summed E-state index contributed by atoms with van der Waals surface area (Å²) in [6, 6.07) is 0. The molecule has 0 aliphatic carbocycles. The van der Waals surface area contributed by atoms with Gasteiger partial charge in [0.05, 0.1) is 12.1 Å². The number of nitrogens with zero attached hydrogens (tertiary/aromatic N) is 4. The Labute approximate surface area is 101 Å². The van der Waals surface area contributed by atoms with Crippen molar-refractivity contribution in [1.29, 1.82) is 0 Å². The Kier molecular flexibility index (Phi) is 3.69. The van der Waals surface area contributed by atoms with Crippen molar-refractivity contribution in [3.8, 4) is 0 Å². The van der Waals surface area contributed by atoms with E-state index in [0.717, 1.165) is 30.4 Å². The summed E-state index contributed by atoms with van der Waals surface area (Å²) in [6.07, 6.45) is 7.93. The molecular weight excluding hydrogens is 214 g/mol. The minimum Gasteiger partial charge on any atom is -0.369 e. The Bertz CT molecular complexity index is 477. The molecule has 0 spiro atoms. The molecule has 2 rings (SSSR count). The highest BCUT2D eigenvalue weighted by Gasteiger charge is 2.08. The summed E-state index contributed by atoms with van der Waals surface area (Å²) in [5, 5.41) is 3.22. The van der Waals surface area contributed by atoms with E-state index in [1.165, 1.54) is 0 Å². The summed E-state index contributed by atoms with van der Waals surface area (Å²) in [6.45, 7) is 5.92. The van der Waals surface area contributed by atoms with Crippen LogP contribution in [0, 0.1) is 0 Å². The smallest absolute Gasteiger partial charge is 0.148 e. The number of rotatable bonds is 5. The molecule has 1 N–H and O–H groups in total. The van der Waals surface area contributed by atoms with Gasteiger partial charge in [-0.05, 0) is 13.8 Å². The largest absolute Gasteiger partial charge is 0.369 e. The Morgan fingerprint density at radius 3 is 2.71 bits per heavy atom. The molecule has 90 valence electrons. The molecule has 17 heavy (non-hydrogen) atoms. The molecule has 0 fully saturated rings. The van der Waals surface area contributed by atoms with Gasteiger partial charge in [0.25, 0.3) is 0 Å². The van der Waals surface area contributed by atoms with Gasteiger partial charge in [0.15, 0.2) is 0 Å². The number of imidazole rings is 1. The monoisotopic (exact) mass is 231 g/mol. The zero-order valence-corrected chi connectivity index (χ0v) is 10.2. The maximum absolute atomic E-state index is 4.37. The van der Waals surface area contributed by atoms with Crippen LogP contribution in [-0.4, -0.2) is 26.1 Å². The summed E-state index contributed by atoms with van der Waals surface area (Å²) in [5.74, 6) is 1.87. The predicted molar refractivity (Wildman–Crippen MR) is 66.9 cm³/mol. The average Bonchev–Trinajstić information content (AvgIpc) is 2.79. The number of hydrogen-bond acceptors (Lipinski definition) is 4. The standard InChI is InChI=1S/C12H17N5/c1-3-13-12-10(14-5-6-16-12)9-11-15-7-8-17(11)4-2/h5-8H,3-4,9H2,1-2H3,(H,13,16). The number of anilines is 1. The summed E-state index contributed by atoms with van der Waals surface area (Å²) in [4.78, 5) is 13.0. The van der Waals surface area contributed by atoms with Crippen LogP contribution in [0.2, 0.25) is 0 Å². The van der Waals surface area contributed by atoms with E-state index in [1.807, 2.05) is 19.3 Å². The van der Waals surface area contributed by atoms with Crippen LogP contribution in [0.3, 0.4) is 0 Å². The Hall–Kier alpha value is -1.91. The van der Waals surface area contributed by atoms with Gasteiger partial charge in [-0.2, -0.15) is 0 Å². The highest BCUT2D eigenvalue weighted by atomic mass is 15.1. The first-order valence-electron chi connectivity index (χ1n) is 5.88. The lowest BCUT2D eigenvalue weighted by Gasteiger charge is -2.08. The maximum Gasteiger partial charge on any atom is 0.148 e. The fourth-order valence-corrected chi connectivity index (χ4v) is 1.76. The molecule has 0 aromatic carbocycles. The number of aromatic nitrogens is 4. The summed E-state index contributed by atoms with van der Waals surface area (Å²) in [5.41, 5.74) is 0.940. The number of aryl methyl sites for hydroxylation is 1. The molecule has 2 heterocycles. The molecule has 0 saturated carbocycles. The molecule has 5 heteroatoms. The van der Waals surface area contributed by atoms with E-state index in [1.54, 1.807) is 12.4 Å². The third-order valence-corrected chi connectivity index (χ3v) is 2.59. The topological polar surface area (TPSA) is 55.6 Å². The Morgan fingerprint density at radius 2 is 1.94 bits per heavy atom. The van der Waals surface area contributed by atoms with Crippen molar-refractivity contribution in [1.82, 2.24) is 19.5 Å². The molecule has 0 unspecified atom stereocenters. The molecule has 2 aromatic heterocycles. The average molecular weight is 231 g/mol. The maximum atomic E-state index is 4.37. The van der Waals surface area contributed by atoms with Crippen LogP contribution in [0.25, 0.3) is 0 Å². The second kappa shape index (κ2) is 5.43. The van der Waals surface area contributed by atoms with Gasteiger partial charge >= 0.3 is 0 Å². The van der Waals surface area contributed by atoms with Crippen LogP contribution >= 0.6 is 0 Å². The molecular formula is C12H17N5. The van der Waals surface area contributed by atoms with Gasteiger partial charge in [-0.1, -0.05) is 0 Å². The van der Waals surface area contributed by atoms with Crippen LogP contribution in [-0.2, 0) is 13.0 Å². The highest BCUT2D eigenvalue weighted by molar-refractivity contribution is 5.40. The van der Waals surface area contributed by atoms with E-state index in [9.17, 15) is 0 Å². The summed E-state index contributed by atoms with van der Waals surface area (Å²) in [7, 11) is 0. The van der Waals surface area contributed by atoms with E-state index in [2.05, 4.69) is 31.8 Å². The van der Waals surface area contributed by atoms with Crippen LogP contribution in [0.15, 0.2) is 24.8 Å². The van der Waals surface area contributed by atoms with Gasteiger partial charge in [-0.25, -0.2) is 9.97 Å². The van der Waals surface area contributed by atoms with Crippen molar-refractivity contribution in [3.63, 3.8) is 0 Å². The highest BCUT2D eigenvalue weighted by Crippen LogP contribution is 2.12. The normalized spacial score (nSPS) is 10.5. The van der Waals surface area contributed by atoms with Gasteiger partial charge in [0.1, 0.15) is 11.6 Å². The van der Waals surface area contributed by atoms with Gasteiger partial charge in [-0.15, -0.1) is 0 Å². The number of hydrogen-bond donors (Lipinski definition) is 1. The lowest BCUT2D eigenvalue weighted by molar-refractivity contribution is 0.708. The molecule has 5 nitrogen and oxygen atoms in total. The fourth-order valence-electron chi connectivity index (χ4n) is 1.76. The van der Waals surface area contributed by atoms with E-state index < -0.39 is 0 Å². The van der Waals surface area contributed by atoms with Gasteiger partial charge in [-0.3, -0.25) is 4.98 Å². The second-order valence-corrected chi connectivity index (χ2v) is 3.69. The van der Waals surface area contributed by atoms with Crippen molar-refractivity contribution in [2.24, 2.45) is 0 Å². The van der Waals surface area contributed by atoms with Crippen molar-refractivity contribution in [2.75, 3.05) is 11.9 Å². The third kappa shape index (κ3) is 2.61. The molecule has 0 saturated heterocycles. The van der Waals surface area contributed by atoms with Crippen LogP contribution in [0.5, 0.6) is 0 Å². The first-order chi connectivity index (χ1) is 8.35. The minimum atomic E-state index is 0.705.